The molecule has 7 heteroatoms. The van der Waals surface area contributed by atoms with Crippen LogP contribution >= 0.6 is 11.6 Å². The van der Waals surface area contributed by atoms with E-state index in [0.29, 0.717) is 10.7 Å². The predicted molar refractivity (Wildman–Crippen MR) is 81.3 cm³/mol. The van der Waals surface area contributed by atoms with E-state index in [-0.39, 0.29) is 10.9 Å². The summed E-state index contributed by atoms with van der Waals surface area (Å²) in [4.78, 5) is 0.0484. The molecule has 3 N–H and O–H groups in total. The first kappa shape index (κ1) is 15.8. The van der Waals surface area contributed by atoms with Crippen LogP contribution in [0.5, 0.6) is 0 Å². The quantitative estimate of drug-likeness (QED) is 0.904. The van der Waals surface area contributed by atoms with Crippen LogP contribution in [0.4, 0.5) is 10.1 Å². The Morgan fingerprint density at radius 3 is 2.33 bits per heavy atom. The fourth-order valence-electron chi connectivity index (χ4n) is 1.92. The summed E-state index contributed by atoms with van der Waals surface area (Å²) in [7, 11) is -3.70. The third-order valence-electron chi connectivity index (χ3n) is 2.95. The highest BCUT2D eigenvalue weighted by Gasteiger charge is 2.10. The molecule has 0 heterocycles. The molecule has 2 aromatic carbocycles. The van der Waals surface area contributed by atoms with E-state index in [0.717, 1.165) is 5.56 Å². The van der Waals surface area contributed by atoms with E-state index in [4.69, 9.17) is 16.7 Å². The van der Waals surface area contributed by atoms with Gasteiger partial charge in [0.05, 0.1) is 4.90 Å². The van der Waals surface area contributed by atoms with Crippen LogP contribution in [0.25, 0.3) is 0 Å². The lowest BCUT2D eigenvalue weighted by molar-refractivity contribution is 0.597. The van der Waals surface area contributed by atoms with E-state index < -0.39 is 15.8 Å². The summed E-state index contributed by atoms with van der Waals surface area (Å²) in [5, 5.41) is 8.43. The van der Waals surface area contributed by atoms with Gasteiger partial charge in [0.2, 0.25) is 10.0 Å². The van der Waals surface area contributed by atoms with Crippen molar-refractivity contribution in [2.75, 3.05) is 5.32 Å². The maximum atomic E-state index is 13.3. The number of rotatable bonds is 4. The number of nitrogens with one attached hydrogen (secondary N) is 1. The normalized spacial score (nSPS) is 13.0. The Morgan fingerprint density at radius 1 is 1.19 bits per heavy atom. The van der Waals surface area contributed by atoms with Crippen LogP contribution in [-0.2, 0) is 10.0 Å². The molecule has 0 spiro atoms. The smallest absolute Gasteiger partial charge is 0.238 e. The average Bonchev–Trinajstić information content (AvgIpc) is 2.36. The van der Waals surface area contributed by atoms with Gasteiger partial charge in [0.15, 0.2) is 0 Å². The molecule has 0 bridgehead atoms. The molecule has 0 aliphatic rings. The Labute approximate surface area is 127 Å². The van der Waals surface area contributed by atoms with Crippen molar-refractivity contribution < 1.29 is 12.8 Å². The molecule has 1 atom stereocenters. The Hall–Kier alpha value is -1.63. The number of nitrogens with two attached hydrogens (primary N) is 1. The number of hydrogen-bond donors (Lipinski definition) is 2. The van der Waals surface area contributed by atoms with Crippen LogP contribution in [0, 0.1) is 5.82 Å². The highest BCUT2D eigenvalue weighted by molar-refractivity contribution is 7.89. The van der Waals surface area contributed by atoms with Crippen LogP contribution in [0.1, 0.15) is 18.5 Å². The summed E-state index contributed by atoms with van der Waals surface area (Å²) in [6.45, 7) is 1.87. The molecule has 0 fully saturated rings. The molecular weight excluding hydrogens is 315 g/mol. The minimum atomic E-state index is -3.70. The topological polar surface area (TPSA) is 72.2 Å². The van der Waals surface area contributed by atoms with Crippen molar-refractivity contribution in [1.82, 2.24) is 0 Å². The first-order valence-corrected chi connectivity index (χ1v) is 8.03. The number of benzene rings is 2. The van der Waals surface area contributed by atoms with Crippen molar-refractivity contribution in [3.63, 3.8) is 0 Å². The van der Waals surface area contributed by atoms with Gasteiger partial charge in [-0.1, -0.05) is 23.7 Å². The monoisotopic (exact) mass is 328 g/mol. The van der Waals surface area contributed by atoms with Gasteiger partial charge in [-0.15, -0.1) is 0 Å². The largest absolute Gasteiger partial charge is 0.378 e. The minimum Gasteiger partial charge on any atom is -0.378 e. The fourth-order valence-corrected chi connectivity index (χ4v) is 2.65. The van der Waals surface area contributed by atoms with E-state index in [1.54, 1.807) is 18.2 Å². The molecule has 0 aliphatic carbocycles. The zero-order valence-corrected chi connectivity index (χ0v) is 12.7. The van der Waals surface area contributed by atoms with Crippen molar-refractivity contribution in [2.45, 2.75) is 17.9 Å². The highest BCUT2D eigenvalue weighted by Crippen LogP contribution is 2.23. The van der Waals surface area contributed by atoms with Crippen molar-refractivity contribution in [3.8, 4) is 0 Å². The first-order chi connectivity index (χ1) is 9.75. The second-order valence-corrected chi connectivity index (χ2v) is 6.64. The van der Waals surface area contributed by atoms with E-state index in [9.17, 15) is 12.8 Å². The molecule has 0 unspecified atom stereocenters. The Balaban J connectivity index is 2.18. The summed E-state index contributed by atoms with van der Waals surface area (Å²) in [5.41, 5.74) is 1.38. The lowest BCUT2D eigenvalue weighted by Crippen LogP contribution is -2.12. The zero-order chi connectivity index (χ0) is 15.6. The standard InChI is InChI=1S/C14H14ClFN2O2S/c1-9(18-13-7-11(15)6-12(16)8-13)10-2-4-14(5-3-10)21(17,19)20/h2-9,18H,1H3,(H2,17,19,20)/t9-/m0/s1. The zero-order valence-electron chi connectivity index (χ0n) is 11.2. The highest BCUT2D eigenvalue weighted by atomic mass is 35.5. The van der Waals surface area contributed by atoms with Gasteiger partial charge in [-0.3, -0.25) is 0 Å². The van der Waals surface area contributed by atoms with Gasteiger partial charge in [-0.25, -0.2) is 17.9 Å². The summed E-state index contributed by atoms with van der Waals surface area (Å²) < 4.78 is 35.6. The maximum absolute atomic E-state index is 13.3. The average molecular weight is 329 g/mol. The number of primary sulfonamides is 1. The summed E-state index contributed by atoms with van der Waals surface area (Å²) in [5.74, 6) is -0.429. The van der Waals surface area contributed by atoms with Crippen molar-refractivity contribution >= 4 is 27.3 Å². The number of hydrogen-bond acceptors (Lipinski definition) is 3. The predicted octanol–water partition coefficient (Wildman–Crippen LogP) is 3.30. The Kier molecular flexibility index (Phi) is 4.51. The molecule has 0 radical (unpaired) electrons. The third-order valence-corrected chi connectivity index (χ3v) is 4.10. The molecule has 2 rings (SSSR count). The van der Waals surface area contributed by atoms with Crippen LogP contribution < -0.4 is 10.5 Å². The lowest BCUT2D eigenvalue weighted by atomic mass is 10.1. The molecule has 0 saturated heterocycles. The number of anilines is 1. The summed E-state index contributed by atoms with van der Waals surface area (Å²) in [6, 6.07) is 10.2. The maximum Gasteiger partial charge on any atom is 0.238 e. The van der Waals surface area contributed by atoms with E-state index in [2.05, 4.69) is 5.32 Å². The molecule has 2 aromatic rings. The molecule has 21 heavy (non-hydrogen) atoms. The van der Waals surface area contributed by atoms with Gasteiger partial charge in [0.25, 0.3) is 0 Å². The van der Waals surface area contributed by atoms with Gasteiger partial charge in [-0.2, -0.15) is 0 Å². The van der Waals surface area contributed by atoms with Crippen molar-refractivity contribution in [3.05, 3.63) is 58.9 Å². The number of sulfonamides is 1. The molecule has 0 saturated carbocycles. The van der Waals surface area contributed by atoms with E-state index in [1.165, 1.54) is 24.3 Å². The second-order valence-electron chi connectivity index (χ2n) is 4.64. The van der Waals surface area contributed by atoms with Gasteiger partial charge in [0.1, 0.15) is 5.82 Å². The molecular formula is C14H14ClFN2O2S. The van der Waals surface area contributed by atoms with Crippen LogP contribution in [0.15, 0.2) is 47.4 Å². The van der Waals surface area contributed by atoms with Crippen molar-refractivity contribution in [1.29, 1.82) is 0 Å². The minimum absolute atomic E-state index is 0.0484. The molecule has 0 aromatic heterocycles. The third kappa shape index (κ3) is 4.17. The van der Waals surface area contributed by atoms with Crippen LogP contribution in [-0.4, -0.2) is 8.42 Å². The van der Waals surface area contributed by atoms with Gasteiger partial charge in [0, 0.05) is 16.8 Å². The second kappa shape index (κ2) is 6.01. The molecule has 4 nitrogen and oxygen atoms in total. The number of halogens is 2. The van der Waals surface area contributed by atoms with Crippen LogP contribution in [0.3, 0.4) is 0 Å². The van der Waals surface area contributed by atoms with Gasteiger partial charge >= 0.3 is 0 Å². The van der Waals surface area contributed by atoms with Crippen molar-refractivity contribution in [2.24, 2.45) is 5.14 Å². The van der Waals surface area contributed by atoms with Gasteiger partial charge < -0.3 is 5.32 Å². The molecule has 0 aliphatic heterocycles. The first-order valence-electron chi connectivity index (χ1n) is 6.11. The summed E-state index contributed by atoms with van der Waals surface area (Å²) >= 11 is 5.79. The molecule has 112 valence electrons. The lowest BCUT2D eigenvalue weighted by Gasteiger charge is -2.16. The SMILES string of the molecule is C[C@H](Nc1cc(F)cc(Cl)c1)c1ccc(S(N)(=O)=O)cc1. The van der Waals surface area contributed by atoms with E-state index in [1.807, 2.05) is 6.92 Å². The summed E-state index contributed by atoms with van der Waals surface area (Å²) in [6.07, 6.45) is 0. The fraction of sp³-hybridized carbons (Fsp3) is 0.143. The van der Waals surface area contributed by atoms with Gasteiger partial charge in [-0.05, 0) is 42.8 Å². The van der Waals surface area contributed by atoms with E-state index >= 15 is 0 Å². The Bertz CT molecular complexity index is 728. The Morgan fingerprint density at radius 2 is 1.81 bits per heavy atom. The molecule has 0 amide bonds. The van der Waals surface area contributed by atoms with Crippen LogP contribution in [0.2, 0.25) is 5.02 Å².